The maximum absolute atomic E-state index is 12.2. The molecule has 0 aliphatic rings. The number of likely N-dealkylation sites (N-methyl/N-ethyl adjacent to an activating group) is 2. The summed E-state index contributed by atoms with van der Waals surface area (Å²) in [4.78, 5) is 14.1. The standard InChI is InChI=1S/C13H28N2O/c1-8-14-13(5,6)12(16)15(7)11(4)9-10(2)3/h10-11,14H,8-9H2,1-7H3. The molecular weight excluding hydrogens is 200 g/mol. The van der Waals surface area contributed by atoms with E-state index < -0.39 is 5.54 Å². The molecule has 0 saturated carbocycles. The normalized spacial score (nSPS) is 14.0. The molecular formula is C13H28N2O. The summed E-state index contributed by atoms with van der Waals surface area (Å²) >= 11 is 0. The van der Waals surface area contributed by atoms with E-state index in [-0.39, 0.29) is 5.91 Å². The second-order valence-corrected chi connectivity index (χ2v) is 5.55. The van der Waals surface area contributed by atoms with Crippen molar-refractivity contribution in [1.82, 2.24) is 10.2 Å². The van der Waals surface area contributed by atoms with Crippen LogP contribution in [0, 0.1) is 5.92 Å². The number of carbonyl (C=O) groups excluding carboxylic acids is 1. The first-order chi connectivity index (χ1) is 7.22. The molecule has 96 valence electrons. The maximum atomic E-state index is 12.2. The molecule has 3 heteroatoms. The van der Waals surface area contributed by atoms with Gasteiger partial charge in [-0.25, -0.2) is 0 Å². The lowest BCUT2D eigenvalue weighted by Crippen LogP contribution is -2.55. The minimum Gasteiger partial charge on any atom is -0.341 e. The van der Waals surface area contributed by atoms with Gasteiger partial charge in [-0.1, -0.05) is 20.8 Å². The number of rotatable bonds is 6. The molecule has 1 unspecified atom stereocenters. The summed E-state index contributed by atoms with van der Waals surface area (Å²) in [6.45, 7) is 13.2. The number of nitrogens with zero attached hydrogens (tertiary/aromatic N) is 1. The summed E-state index contributed by atoms with van der Waals surface area (Å²) in [6.07, 6.45) is 1.05. The summed E-state index contributed by atoms with van der Waals surface area (Å²) in [6, 6.07) is 0.297. The van der Waals surface area contributed by atoms with Crippen LogP contribution in [0.15, 0.2) is 0 Å². The van der Waals surface area contributed by atoms with E-state index in [2.05, 4.69) is 26.1 Å². The summed E-state index contributed by atoms with van der Waals surface area (Å²) < 4.78 is 0. The van der Waals surface area contributed by atoms with Crippen molar-refractivity contribution in [3.05, 3.63) is 0 Å². The monoisotopic (exact) mass is 228 g/mol. The zero-order valence-corrected chi connectivity index (χ0v) is 11.9. The van der Waals surface area contributed by atoms with Gasteiger partial charge in [0.25, 0.3) is 0 Å². The van der Waals surface area contributed by atoms with Crippen molar-refractivity contribution in [2.45, 2.75) is 59.5 Å². The number of amides is 1. The largest absolute Gasteiger partial charge is 0.341 e. The second-order valence-electron chi connectivity index (χ2n) is 5.55. The number of carbonyl (C=O) groups is 1. The van der Waals surface area contributed by atoms with Gasteiger partial charge in [-0.2, -0.15) is 0 Å². The van der Waals surface area contributed by atoms with Crippen molar-refractivity contribution in [3.63, 3.8) is 0 Å². The highest BCUT2D eigenvalue weighted by Crippen LogP contribution is 2.14. The average molecular weight is 228 g/mol. The molecule has 0 bridgehead atoms. The van der Waals surface area contributed by atoms with E-state index in [4.69, 9.17) is 0 Å². The van der Waals surface area contributed by atoms with Crippen LogP contribution in [0.25, 0.3) is 0 Å². The molecule has 0 saturated heterocycles. The van der Waals surface area contributed by atoms with E-state index in [0.29, 0.717) is 12.0 Å². The highest BCUT2D eigenvalue weighted by Gasteiger charge is 2.31. The molecule has 16 heavy (non-hydrogen) atoms. The average Bonchev–Trinajstić information content (AvgIpc) is 2.14. The fourth-order valence-corrected chi connectivity index (χ4v) is 2.00. The fourth-order valence-electron chi connectivity index (χ4n) is 2.00. The lowest BCUT2D eigenvalue weighted by Gasteiger charge is -2.34. The zero-order valence-electron chi connectivity index (χ0n) is 11.9. The van der Waals surface area contributed by atoms with Gasteiger partial charge in [0.15, 0.2) is 0 Å². The predicted molar refractivity (Wildman–Crippen MR) is 69.4 cm³/mol. The van der Waals surface area contributed by atoms with Gasteiger partial charge in [0.2, 0.25) is 5.91 Å². The van der Waals surface area contributed by atoms with Crippen molar-refractivity contribution in [3.8, 4) is 0 Å². The quantitative estimate of drug-likeness (QED) is 0.756. The van der Waals surface area contributed by atoms with Gasteiger partial charge < -0.3 is 10.2 Å². The Bertz CT molecular complexity index is 224. The topological polar surface area (TPSA) is 32.3 Å². The fraction of sp³-hybridized carbons (Fsp3) is 0.923. The number of hydrogen-bond acceptors (Lipinski definition) is 2. The summed E-state index contributed by atoms with van der Waals surface area (Å²) in [7, 11) is 1.90. The molecule has 1 amide bonds. The van der Waals surface area contributed by atoms with Crippen LogP contribution in [0.2, 0.25) is 0 Å². The first-order valence-electron chi connectivity index (χ1n) is 6.24. The van der Waals surface area contributed by atoms with E-state index in [0.717, 1.165) is 13.0 Å². The van der Waals surface area contributed by atoms with Gasteiger partial charge in [-0.3, -0.25) is 4.79 Å². The SMILES string of the molecule is CCNC(C)(C)C(=O)N(C)C(C)CC(C)C. The Morgan fingerprint density at radius 3 is 2.19 bits per heavy atom. The third-order valence-corrected chi connectivity index (χ3v) is 2.95. The molecule has 0 aromatic carbocycles. The van der Waals surface area contributed by atoms with Crippen molar-refractivity contribution in [1.29, 1.82) is 0 Å². The minimum atomic E-state index is -0.464. The molecule has 0 rings (SSSR count). The Morgan fingerprint density at radius 1 is 1.31 bits per heavy atom. The molecule has 1 N–H and O–H groups in total. The van der Waals surface area contributed by atoms with E-state index >= 15 is 0 Å². The van der Waals surface area contributed by atoms with E-state index in [1.807, 2.05) is 32.7 Å². The van der Waals surface area contributed by atoms with Crippen LogP contribution in [0.3, 0.4) is 0 Å². The molecule has 0 fully saturated rings. The Morgan fingerprint density at radius 2 is 1.81 bits per heavy atom. The Balaban J connectivity index is 4.48. The van der Waals surface area contributed by atoms with Gasteiger partial charge in [0.05, 0.1) is 5.54 Å². The lowest BCUT2D eigenvalue weighted by molar-refractivity contribution is -0.137. The van der Waals surface area contributed by atoms with Crippen LogP contribution >= 0.6 is 0 Å². The van der Waals surface area contributed by atoms with Crippen LogP contribution in [-0.4, -0.2) is 36.0 Å². The van der Waals surface area contributed by atoms with Crippen molar-refractivity contribution in [2.24, 2.45) is 5.92 Å². The van der Waals surface area contributed by atoms with E-state index in [1.165, 1.54) is 0 Å². The van der Waals surface area contributed by atoms with Crippen LogP contribution in [-0.2, 0) is 4.79 Å². The van der Waals surface area contributed by atoms with Gasteiger partial charge in [-0.05, 0) is 39.7 Å². The Kier molecular flexibility index (Phi) is 6.01. The Hall–Kier alpha value is -0.570. The number of nitrogens with one attached hydrogen (secondary N) is 1. The highest BCUT2D eigenvalue weighted by molar-refractivity contribution is 5.85. The molecule has 0 aliphatic carbocycles. The van der Waals surface area contributed by atoms with Gasteiger partial charge in [0, 0.05) is 13.1 Å². The minimum absolute atomic E-state index is 0.169. The summed E-state index contributed by atoms with van der Waals surface area (Å²) in [5.41, 5.74) is -0.464. The molecule has 3 nitrogen and oxygen atoms in total. The molecule has 0 aromatic rings. The zero-order chi connectivity index (χ0) is 12.9. The van der Waals surface area contributed by atoms with Crippen LogP contribution < -0.4 is 5.32 Å². The van der Waals surface area contributed by atoms with E-state index in [1.54, 1.807) is 0 Å². The van der Waals surface area contributed by atoms with Crippen LogP contribution in [0.1, 0.15) is 48.0 Å². The van der Waals surface area contributed by atoms with Gasteiger partial charge >= 0.3 is 0 Å². The van der Waals surface area contributed by atoms with Crippen molar-refractivity contribution < 1.29 is 4.79 Å². The molecule has 1 atom stereocenters. The second kappa shape index (κ2) is 6.24. The van der Waals surface area contributed by atoms with Crippen LogP contribution in [0.5, 0.6) is 0 Å². The van der Waals surface area contributed by atoms with Crippen molar-refractivity contribution in [2.75, 3.05) is 13.6 Å². The first-order valence-corrected chi connectivity index (χ1v) is 6.24. The highest BCUT2D eigenvalue weighted by atomic mass is 16.2. The van der Waals surface area contributed by atoms with Crippen LogP contribution in [0.4, 0.5) is 0 Å². The van der Waals surface area contributed by atoms with E-state index in [9.17, 15) is 4.79 Å². The molecule has 0 radical (unpaired) electrons. The third kappa shape index (κ3) is 4.52. The maximum Gasteiger partial charge on any atom is 0.242 e. The summed E-state index contributed by atoms with van der Waals surface area (Å²) in [5, 5.41) is 3.22. The predicted octanol–water partition coefficient (Wildman–Crippen LogP) is 2.27. The molecule has 0 aliphatic heterocycles. The molecule has 0 spiro atoms. The van der Waals surface area contributed by atoms with Crippen molar-refractivity contribution >= 4 is 5.91 Å². The molecule has 0 aromatic heterocycles. The Labute approximate surface area is 101 Å². The number of hydrogen-bond donors (Lipinski definition) is 1. The smallest absolute Gasteiger partial charge is 0.242 e. The summed E-state index contributed by atoms with van der Waals surface area (Å²) in [5.74, 6) is 0.787. The first kappa shape index (κ1) is 15.4. The lowest BCUT2D eigenvalue weighted by atomic mass is 9.99. The molecule has 0 heterocycles. The third-order valence-electron chi connectivity index (χ3n) is 2.95. The van der Waals surface area contributed by atoms with Gasteiger partial charge in [0.1, 0.15) is 0 Å². The van der Waals surface area contributed by atoms with Gasteiger partial charge in [-0.15, -0.1) is 0 Å².